The van der Waals surface area contributed by atoms with Gasteiger partial charge in [-0.15, -0.1) is 12.3 Å². The van der Waals surface area contributed by atoms with Gasteiger partial charge in [-0.3, -0.25) is 4.79 Å². The fourth-order valence-corrected chi connectivity index (χ4v) is 2.36. The van der Waals surface area contributed by atoms with E-state index in [-0.39, 0.29) is 11.8 Å². The standard InChI is InChI=1S/C13H22N2O/c1-2-3-4-5-9-15-13(16)12-8-6-7-11(12)10-14/h1,11-12H,3-10,14H2,(H,15,16). The van der Waals surface area contributed by atoms with Crippen LogP contribution in [0.4, 0.5) is 0 Å². The molecule has 1 rings (SSSR count). The number of rotatable bonds is 6. The van der Waals surface area contributed by atoms with Crippen molar-refractivity contribution < 1.29 is 4.79 Å². The molecule has 0 aliphatic heterocycles. The lowest BCUT2D eigenvalue weighted by atomic mass is 9.95. The Balaban J connectivity index is 2.17. The van der Waals surface area contributed by atoms with E-state index in [4.69, 9.17) is 12.2 Å². The number of carbonyl (C=O) groups is 1. The molecule has 0 heterocycles. The summed E-state index contributed by atoms with van der Waals surface area (Å²) in [6.45, 7) is 1.38. The van der Waals surface area contributed by atoms with E-state index in [1.807, 2.05) is 0 Å². The fraction of sp³-hybridized carbons (Fsp3) is 0.769. The van der Waals surface area contributed by atoms with Gasteiger partial charge in [0.05, 0.1) is 0 Å². The van der Waals surface area contributed by atoms with E-state index in [0.29, 0.717) is 12.5 Å². The Labute approximate surface area is 98.2 Å². The SMILES string of the molecule is C#CCCCCNC(=O)C1CCCC1CN. The Morgan fingerprint density at radius 3 is 2.94 bits per heavy atom. The first-order valence-electron chi connectivity index (χ1n) is 6.20. The molecule has 0 radical (unpaired) electrons. The van der Waals surface area contributed by atoms with Crippen molar-refractivity contribution in [3.05, 3.63) is 0 Å². The first-order chi connectivity index (χ1) is 7.79. The Kier molecular flexibility index (Phi) is 5.95. The van der Waals surface area contributed by atoms with E-state index in [0.717, 1.165) is 45.1 Å². The number of terminal acetylenes is 1. The van der Waals surface area contributed by atoms with Crippen molar-refractivity contribution in [2.24, 2.45) is 17.6 Å². The Bertz CT molecular complexity index is 257. The van der Waals surface area contributed by atoms with Crippen LogP contribution >= 0.6 is 0 Å². The summed E-state index contributed by atoms with van der Waals surface area (Å²) in [5, 5.41) is 2.98. The molecule has 0 aromatic carbocycles. The van der Waals surface area contributed by atoms with Crippen LogP contribution in [0.1, 0.15) is 38.5 Å². The number of amides is 1. The smallest absolute Gasteiger partial charge is 0.223 e. The van der Waals surface area contributed by atoms with E-state index in [1.165, 1.54) is 0 Å². The predicted octanol–water partition coefficient (Wildman–Crippen LogP) is 1.28. The van der Waals surface area contributed by atoms with E-state index < -0.39 is 0 Å². The topological polar surface area (TPSA) is 55.1 Å². The summed E-state index contributed by atoms with van der Waals surface area (Å²) in [4.78, 5) is 11.8. The Morgan fingerprint density at radius 2 is 2.25 bits per heavy atom. The van der Waals surface area contributed by atoms with Crippen LogP contribution in [0.15, 0.2) is 0 Å². The monoisotopic (exact) mass is 222 g/mol. The van der Waals surface area contributed by atoms with Crippen LogP contribution in [-0.4, -0.2) is 19.0 Å². The van der Waals surface area contributed by atoms with Gasteiger partial charge in [0.25, 0.3) is 0 Å². The van der Waals surface area contributed by atoms with Gasteiger partial charge in [0.2, 0.25) is 5.91 Å². The molecule has 1 saturated carbocycles. The van der Waals surface area contributed by atoms with Gasteiger partial charge in [0, 0.05) is 18.9 Å². The number of unbranched alkanes of at least 4 members (excludes halogenated alkanes) is 2. The molecule has 90 valence electrons. The van der Waals surface area contributed by atoms with E-state index in [1.54, 1.807) is 0 Å². The third-order valence-corrected chi connectivity index (χ3v) is 3.35. The van der Waals surface area contributed by atoms with E-state index in [2.05, 4.69) is 11.2 Å². The minimum absolute atomic E-state index is 0.151. The molecule has 1 amide bonds. The lowest BCUT2D eigenvalue weighted by molar-refractivity contribution is -0.125. The summed E-state index contributed by atoms with van der Waals surface area (Å²) in [5.74, 6) is 3.33. The Morgan fingerprint density at radius 1 is 1.44 bits per heavy atom. The van der Waals surface area contributed by atoms with Gasteiger partial charge < -0.3 is 11.1 Å². The van der Waals surface area contributed by atoms with E-state index >= 15 is 0 Å². The molecule has 3 N–H and O–H groups in total. The number of nitrogens with one attached hydrogen (secondary N) is 1. The van der Waals surface area contributed by atoms with Crippen molar-refractivity contribution in [1.29, 1.82) is 0 Å². The van der Waals surface area contributed by atoms with Crippen molar-refractivity contribution in [2.45, 2.75) is 38.5 Å². The first-order valence-corrected chi connectivity index (χ1v) is 6.20. The van der Waals surface area contributed by atoms with Crippen LogP contribution in [-0.2, 0) is 4.79 Å². The zero-order valence-corrected chi connectivity index (χ0v) is 9.87. The summed E-state index contributed by atoms with van der Waals surface area (Å²) in [6, 6.07) is 0. The molecule has 0 saturated heterocycles. The maximum absolute atomic E-state index is 11.8. The third kappa shape index (κ3) is 3.86. The van der Waals surface area contributed by atoms with Crippen molar-refractivity contribution in [3.8, 4) is 12.3 Å². The second-order valence-electron chi connectivity index (χ2n) is 4.49. The molecule has 0 spiro atoms. The summed E-state index contributed by atoms with van der Waals surface area (Å²) >= 11 is 0. The second kappa shape index (κ2) is 7.29. The van der Waals surface area contributed by atoms with Gasteiger partial charge in [-0.25, -0.2) is 0 Å². The highest BCUT2D eigenvalue weighted by Crippen LogP contribution is 2.30. The van der Waals surface area contributed by atoms with Gasteiger partial charge >= 0.3 is 0 Å². The zero-order chi connectivity index (χ0) is 11.8. The highest BCUT2D eigenvalue weighted by molar-refractivity contribution is 5.79. The summed E-state index contributed by atoms with van der Waals surface area (Å²) in [7, 11) is 0. The number of nitrogens with two attached hydrogens (primary N) is 1. The molecular formula is C13H22N2O. The summed E-state index contributed by atoms with van der Waals surface area (Å²) in [6.07, 6.45) is 11.1. The van der Waals surface area contributed by atoms with Crippen molar-refractivity contribution in [1.82, 2.24) is 5.32 Å². The largest absolute Gasteiger partial charge is 0.356 e. The maximum Gasteiger partial charge on any atom is 0.223 e. The average molecular weight is 222 g/mol. The van der Waals surface area contributed by atoms with Crippen LogP contribution in [0, 0.1) is 24.2 Å². The molecule has 0 aromatic rings. The molecule has 1 aliphatic rings. The summed E-state index contributed by atoms with van der Waals surface area (Å²) in [5.41, 5.74) is 5.65. The average Bonchev–Trinajstić information content (AvgIpc) is 2.76. The van der Waals surface area contributed by atoms with Gasteiger partial charge in [0.15, 0.2) is 0 Å². The van der Waals surface area contributed by atoms with Gasteiger partial charge in [0.1, 0.15) is 0 Å². The lowest BCUT2D eigenvalue weighted by Crippen LogP contribution is -2.35. The van der Waals surface area contributed by atoms with Crippen LogP contribution < -0.4 is 11.1 Å². The fourth-order valence-electron chi connectivity index (χ4n) is 2.36. The minimum atomic E-state index is 0.151. The number of hydrogen-bond acceptors (Lipinski definition) is 2. The third-order valence-electron chi connectivity index (χ3n) is 3.35. The van der Waals surface area contributed by atoms with Gasteiger partial charge in [-0.1, -0.05) is 6.42 Å². The molecule has 2 unspecified atom stereocenters. The molecular weight excluding hydrogens is 200 g/mol. The van der Waals surface area contributed by atoms with Crippen molar-refractivity contribution in [3.63, 3.8) is 0 Å². The molecule has 1 aliphatic carbocycles. The Hall–Kier alpha value is -1.01. The second-order valence-corrected chi connectivity index (χ2v) is 4.49. The van der Waals surface area contributed by atoms with Crippen molar-refractivity contribution >= 4 is 5.91 Å². The molecule has 3 nitrogen and oxygen atoms in total. The normalized spacial score (nSPS) is 24.0. The molecule has 0 aromatic heterocycles. The number of hydrogen-bond donors (Lipinski definition) is 2. The van der Waals surface area contributed by atoms with Crippen LogP contribution in [0.3, 0.4) is 0 Å². The van der Waals surface area contributed by atoms with Crippen LogP contribution in [0.5, 0.6) is 0 Å². The lowest BCUT2D eigenvalue weighted by Gasteiger charge is -2.17. The van der Waals surface area contributed by atoms with Gasteiger partial charge in [-0.05, 0) is 38.1 Å². The highest BCUT2D eigenvalue weighted by atomic mass is 16.1. The highest BCUT2D eigenvalue weighted by Gasteiger charge is 2.31. The molecule has 2 atom stereocenters. The predicted molar refractivity (Wildman–Crippen MR) is 65.6 cm³/mol. The first kappa shape index (κ1) is 13.1. The quantitative estimate of drug-likeness (QED) is 0.525. The molecule has 0 bridgehead atoms. The molecule has 16 heavy (non-hydrogen) atoms. The summed E-state index contributed by atoms with van der Waals surface area (Å²) < 4.78 is 0. The van der Waals surface area contributed by atoms with Crippen molar-refractivity contribution in [2.75, 3.05) is 13.1 Å². The minimum Gasteiger partial charge on any atom is -0.356 e. The molecule has 1 fully saturated rings. The number of carbonyl (C=O) groups excluding carboxylic acids is 1. The zero-order valence-electron chi connectivity index (χ0n) is 9.87. The van der Waals surface area contributed by atoms with Crippen LogP contribution in [0.2, 0.25) is 0 Å². The van der Waals surface area contributed by atoms with Gasteiger partial charge in [-0.2, -0.15) is 0 Å². The maximum atomic E-state index is 11.8. The van der Waals surface area contributed by atoms with E-state index in [9.17, 15) is 4.79 Å². The molecule has 3 heteroatoms. The van der Waals surface area contributed by atoms with Crippen LogP contribution in [0.25, 0.3) is 0 Å².